The summed E-state index contributed by atoms with van der Waals surface area (Å²) in [4.78, 5) is 0. The maximum absolute atomic E-state index is 5.48. The highest BCUT2D eigenvalue weighted by Gasteiger charge is 2.09. The number of rotatable bonds is 5. The van der Waals surface area contributed by atoms with Crippen molar-refractivity contribution in [3.63, 3.8) is 0 Å². The zero-order valence-corrected chi connectivity index (χ0v) is 9.74. The number of benzene rings is 1. The molecule has 0 unspecified atom stereocenters. The molecule has 0 bridgehead atoms. The van der Waals surface area contributed by atoms with Gasteiger partial charge in [0.2, 0.25) is 0 Å². The highest BCUT2D eigenvalue weighted by Crippen LogP contribution is 2.26. The Morgan fingerprint density at radius 3 is 2.47 bits per heavy atom. The van der Waals surface area contributed by atoms with Gasteiger partial charge in [-0.25, -0.2) is 0 Å². The van der Waals surface area contributed by atoms with Crippen molar-refractivity contribution in [3.8, 4) is 0 Å². The first kappa shape index (κ1) is 12.0. The molecule has 0 aliphatic heterocycles. The Morgan fingerprint density at radius 1 is 1.20 bits per heavy atom. The van der Waals surface area contributed by atoms with Crippen LogP contribution in [-0.4, -0.2) is 6.54 Å². The summed E-state index contributed by atoms with van der Waals surface area (Å²) in [5.41, 5.74) is 8.25. The van der Waals surface area contributed by atoms with Gasteiger partial charge in [0.1, 0.15) is 0 Å². The first-order valence-corrected chi connectivity index (χ1v) is 5.79. The minimum absolute atomic E-state index is 0.608. The highest BCUT2D eigenvalue weighted by molar-refractivity contribution is 5.54. The second kappa shape index (κ2) is 6.41. The molecule has 0 heterocycles. The fourth-order valence-corrected chi connectivity index (χ4v) is 1.96. The molecule has 0 spiro atoms. The van der Waals surface area contributed by atoms with Crippen LogP contribution in [0.25, 0.3) is 6.08 Å². The number of nitrogens with two attached hydrogens (primary N) is 1. The number of hydrogen-bond acceptors (Lipinski definition) is 1. The molecule has 1 aromatic carbocycles. The lowest BCUT2D eigenvalue weighted by Crippen LogP contribution is -1.98. The zero-order chi connectivity index (χ0) is 11.1. The molecular formula is C14H21N. The van der Waals surface area contributed by atoms with Crippen molar-refractivity contribution in [1.29, 1.82) is 0 Å². The van der Waals surface area contributed by atoms with Gasteiger partial charge in [-0.15, -0.1) is 0 Å². The average molecular weight is 203 g/mol. The molecule has 1 nitrogen and oxygen atoms in total. The summed E-state index contributed by atoms with van der Waals surface area (Å²) < 4.78 is 0. The van der Waals surface area contributed by atoms with E-state index >= 15 is 0 Å². The molecule has 0 aliphatic rings. The molecule has 15 heavy (non-hydrogen) atoms. The Labute approximate surface area is 93.0 Å². The summed E-state index contributed by atoms with van der Waals surface area (Å²) in [6.45, 7) is 5.10. The fraction of sp³-hybridized carbons (Fsp3) is 0.429. The first-order valence-electron chi connectivity index (χ1n) is 5.79. The lowest BCUT2D eigenvalue weighted by atomic mass is 9.90. The second-order valence-electron chi connectivity index (χ2n) is 3.78. The minimum Gasteiger partial charge on any atom is -0.327 e. The van der Waals surface area contributed by atoms with E-state index in [4.69, 9.17) is 5.73 Å². The predicted octanol–water partition coefficient (Wildman–Crippen LogP) is 3.56. The molecule has 82 valence electrons. The van der Waals surface area contributed by atoms with Crippen molar-refractivity contribution in [2.45, 2.75) is 32.6 Å². The summed E-state index contributed by atoms with van der Waals surface area (Å²) in [6.07, 6.45) is 6.54. The molecule has 0 saturated carbocycles. The van der Waals surface area contributed by atoms with Crippen LogP contribution in [0.4, 0.5) is 0 Å². The van der Waals surface area contributed by atoms with Crippen molar-refractivity contribution in [2.24, 2.45) is 5.73 Å². The van der Waals surface area contributed by atoms with Crippen molar-refractivity contribution in [3.05, 3.63) is 41.5 Å². The highest BCUT2D eigenvalue weighted by atomic mass is 14.5. The first-order chi connectivity index (χ1) is 7.33. The molecule has 1 aromatic rings. The van der Waals surface area contributed by atoms with E-state index in [1.54, 1.807) is 0 Å². The van der Waals surface area contributed by atoms with Gasteiger partial charge in [-0.2, -0.15) is 0 Å². The third kappa shape index (κ3) is 3.21. The Hall–Kier alpha value is -1.08. The van der Waals surface area contributed by atoms with Crippen molar-refractivity contribution in [2.75, 3.05) is 6.54 Å². The standard InChI is InChI=1S/C14H21N/c1-3-12(4-2)14-10-6-5-8-13(14)9-7-11-15/h5-10,12H,3-4,11,15H2,1-2H3/b9-7+. The van der Waals surface area contributed by atoms with Gasteiger partial charge in [-0.3, -0.25) is 0 Å². The summed E-state index contributed by atoms with van der Waals surface area (Å²) >= 11 is 0. The molecule has 0 radical (unpaired) electrons. The topological polar surface area (TPSA) is 26.0 Å². The average Bonchev–Trinajstić information content (AvgIpc) is 2.29. The van der Waals surface area contributed by atoms with Crippen LogP contribution in [0.1, 0.15) is 43.7 Å². The summed E-state index contributed by atoms with van der Waals surface area (Å²) in [5.74, 6) is 0.670. The number of hydrogen-bond donors (Lipinski definition) is 1. The molecule has 2 N–H and O–H groups in total. The normalized spacial score (nSPS) is 11.5. The van der Waals surface area contributed by atoms with E-state index in [1.165, 1.54) is 24.0 Å². The van der Waals surface area contributed by atoms with Gasteiger partial charge in [0, 0.05) is 6.54 Å². The van der Waals surface area contributed by atoms with Gasteiger partial charge in [0.15, 0.2) is 0 Å². The predicted molar refractivity (Wildman–Crippen MR) is 67.9 cm³/mol. The van der Waals surface area contributed by atoms with Crippen LogP contribution in [0.5, 0.6) is 0 Å². The summed E-state index contributed by atoms with van der Waals surface area (Å²) in [6, 6.07) is 8.60. The smallest absolute Gasteiger partial charge is 0.0110 e. The van der Waals surface area contributed by atoms with E-state index in [0.29, 0.717) is 12.5 Å². The molecule has 0 amide bonds. The maximum atomic E-state index is 5.48. The molecule has 0 aromatic heterocycles. The van der Waals surface area contributed by atoms with Crippen molar-refractivity contribution < 1.29 is 0 Å². The molecule has 0 aliphatic carbocycles. The van der Waals surface area contributed by atoms with Gasteiger partial charge in [0.05, 0.1) is 0 Å². The van der Waals surface area contributed by atoms with Crippen molar-refractivity contribution in [1.82, 2.24) is 0 Å². The quantitative estimate of drug-likeness (QED) is 0.778. The summed E-state index contributed by atoms with van der Waals surface area (Å²) in [5, 5.41) is 0. The van der Waals surface area contributed by atoms with E-state index in [0.717, 1.165) is 0 Å². The zero-order valence-electron chi connectivity index (χ0n) is 9.74. The lowest BCUT2D eigenvalue weighted by Gasteiger charge is -2.15. The van der Waals surface area contributed by atoms with Crippen LogP contribution in [0.3, 0.4) is 0 Å². The van der Waals surface area contributed by atoms with E-state index in [-0.39, 0.29) is 0 Å². The SMILES string of the molecule is CCC(CC)c1ccccc1/C=C/CN. The van der Waals surface area contributed by atoms with Crippen molar-refractivity contribution >= 4 is 6.08 Å². The van der Waals surface area contributed by atoms with Crippen LogP contribution < -0.4 is 5.73 Å². The molecular weight excluding hydrogens is 182 g/mol. The third-order valence-electron chi connectivity index (χ3n) is 2.85. The van der Waals surface area contributed by atoms with Gasteiger partial charge >= 0.3 is 0 Å². The lowest BCUT2D eigenvalue weighted by molar-refractivity contribution is 0.641. The Balaban J connectivity index is 2.99. The monoisotopic (exact) mass is 203 g/mol. The summed E-state index contributed by atoms with van der Waals surface area (Å²) in [7, 11) is 0. The van der Waals surface area contributed by atoms with Gasteiger partial charge in [0.25, 0.3) is 0 Å². The van der Waals surface area contributed by atoms with E-state index < -0.39 is 0 Å². The minimum atomic E-state index is 0.608. The van der Waals surface area contributed by atoms with Gasteiger partial charge < -0.3 is 5.73 Å². The van der Waals surface area contributed by atoms with E-state index in [1.807, 2.05) is 6.08 Å². The van der Waals surface area contributed by atoms with Crippen LogP contribution >= 0.6 is 0 Å². The molecule has 1 rings (SSSR count). The van der Waals surface area contributed by atoms with Gasteiger partial charge in [-0.1, -0.05) is 50.3 Å². The van der Waals surface area contributed by atoms with Crippen LogP contribution in [-0.2, 0) is 0 Å². The van der Waals surface area contributed by atoms with Crippen LogP contribution in [0.2, 0.25) is 0 Å². The third-order valence-corrected chi connectivity index (χ3v) is 2.85. The Bertz CT molecular complexity index is 311. The Morgan fingerprint density at radius 2 is 1.87 bits per heavy atom. The maximum Gasteiger partial charge on any atom is 0.0110 e. The van der Waals surface area contributed by atoms with E-state index in [2.05, 4.69) is 44.2 Å². The second-order valence-corrected chi connectivity index (χ2v) is 3.78. The van der Waals surface area contributed by atoms with Gasteiger partial charge in [-0.05, 0) is 29.9 Å². The van der Waals surface area contributed by atoms with Crippen LogP contribution in [0, 0.1) is 0 Å². The molecule has 0 saturated heterocycles. The largest absolute Gasteiger partial charge is 0.327 e. The molecule has 0 fully saturated rings. The molecule has 0 atom stereocenters. The molecule has 1 heteroatoms. The Kier molecular flexibility index (Phi) is 5.13. The van der Waals surface area contributed by atoms with E-state index in [9.17, 15) is 0 Å². The van der Waals surface area contributed by atoms with Crippen LogP contribution in [0.15, 0.2) is 30.3 Å². The fourth-order valence-electron chi connectivity index (χ4n) is 1.96.